The van der Waals surface area contributed by atoms with Gasteiger partial charge in [0.1, 0.15) is 5.82 Å². The van der Waals surface area contributed by atoms with Gasteiger partial charge in [0, 0.05) is 35.7 Å². The van der Waals surface area contributed by atoms with E-state index in [1.165, 1.54) is 17.8 Å². The minimum atomic E-state index is -0.268. The van der Waals surface area contributed by atoms with Crippen LogP contribution in [0.5, 0.6) is 0 Å². The zero-order valence-corrected chi connectivity index (χ0v) is 14.9. The first-order valence-electron chi connectivity index (χ1n) is 8.11. The Morgan fingerprint density at radius 1 is 1.08 bits per heavy atom. The molecule has 2 aromatic carbocycles. The number of carbonyl (C=O) groups excluding carboxylic acids is 2. The SMILES string of the molecule is CCNC(=O)c1cccc(CNC(=O)CCSc2ccccc2F)c1. The molecular weight excluding hydrogens is 339 g/mol. The van der Waals surface area contributed by atoms with E-state index in [1.54, 1.807) is 36.4 Å². The topological polar surface area (TPSA) is 58.2 Å². The molecule has 0 heterocycles. The Hall–Kier alpha value is -2.34. The third-order valence-corrected chi connectivity index (χ3v) is 4.49. The second-order valence-electron chi connectivity index (χ2n) is 5.37. The molecule has 132 valence electrons. The molecule has 0 saturated heterocycles. The fraction of sp³-hybridized carbons (Fsp3) is 0.263. The van der Waals surface area contributed by atoms with Crippen LogP contribution >= 0.6 is 11.8 Å². The van der Waals surface area contributed by atoms with Crippen LogP contribution in [0.4, 0.5) is 4.39 Å². The van der Waals surface area contributed by atoms with Gasteiger partial charge in [-0.1, -0.05) is 24.3 Å². The van der Waals surface area contributed by atoms with Gasteiger partial charge >= 0.3 is 0 Å². The van der Waals surface area contributed by atoms with Crippen LogP contribution in [0, 0.1) is 5.82 Å². The lowest BCUT2D eigenvalue weighted by Gasteiger charge is -2.08. The molecule has 4 nitrogen and oxygen atoms in total. The van der Waals surface area contributed by atoms with Gasteiger partial charge in [-0.05, 0) is 36.8 Å². The van der Waals surface area contributed by atoms with Crippen molar-refractivity contribution in [1.29, 1.82) is 0 Å². The van der Waals surface area contributed by atoms with Crippen molar-refractivity contribution in [2.24, 2.45) is 0 Å². The van der Waals surface area contributed by atoms with E-state index in [9.17, 15) is 14.0 Å². The van der Waals surface area contributed by atoms with Crippen LogP contribution in [0.15, 0.2) is 53.4 Å². The molecule has 2 rings (SSSR count). The number of rotatable bonds is 8. The summed E-state index contributed by atoms with van der Waals surface area (Å²) in [7, 11) is 0. The van der Waals surface area contributed by atoms with Gasteiger partial charge in [0.05, 0.1) is 0 Å². The van der Waals surface area contributed by atoms with Gasteiger partial charge in [0.25, 0.3) is 5.91 Å². The summed E-state index contributed by atoms with van der Waals surface area (Å²) in [5, 5.41) is 5.56. The lowest BCUT2D eigenvalue weighted by Crippen LogP contribution is -2.24. The molecule has 0 fully saturated rings. The molecule has 0 bridgehead atoms. The predicted molar refractivity (Wildman–Crippen MR) is 98.0 cm³/mol. The Bertz CT molecular complexity index is 737. The number of amides is 2. The van der Waals surface area contributed by atoms with Crippen molar-refractivity contribution in [1.82, 2.24) is 10.6 Å². The predicted octanol–water partition coefficient (Wildman–Crippen LogP) is 3.37. The second kappa shape index (κ2) is 9.84. The molecule has 0 saturated carbocycles. The van der Waals surface area contributed by atoms with E-state index >= 15 is 0 Å². The van der Waals surface area contributed by atoms with E-state index in [-0.39, 0.29) is 17.6 Å². The molecule has 0 aliphatic carbocycles. The summed E-state index contributed by atoms with van der Waals surface area (Å²) in [4.78, 5) is 24.3. The average Bonchev–Trinajstić information content (AvgIpc) is 2.62. The highest BCUT2D eigenvalue weighted by molar-refractivity contribution is 7.99. The molecule has 6 heteroatoms. The van der Waals surface area contributed by atoms with Gasteiger partial charge in [-0.3, -0.25) is 9.59 Å². The van der Waals surface area contributed by atoms with Gasteiger partial charge in [0.15, 0.2) is 0 Å². The number of hydrogen-bond acceptors (Lipinski definition) is 3. The highest BCUT2D eigenvalue weighted by Gasteiger charge is 2.07. The lowest BCUT2D eigenvalue weighted by molar-refractivity contribution is -0.120. The van der Waals surface area contributed by atoms with Crippen molar-refractivity contribution in [2.45, 2.75) is 24.8 Å². The van der Waals surface area contributed by atoms with Gasteiger partial charge in [-0.2, -0.15) is 0 Å². The van der Waals surface area contributed by atoms with Crippen LogP contribution in [0.1, 0.15) is 29.3 Å². The summed E-state index contributed by atoms with van der Waals surface area (Å²) in [5.41, 5.74) is 1.43. The van der Waals surface area contributed by atoms with Crippen LogP contribution in [0.2, 0.25) is 0 Å². The molecule has 0 aromatic heterocycles. The molecule has 0 aliphatic rings. The third-order valence-electron chi connectivity index (χ3n) is 3.44. The van der Waals surface area contributed by atoms with E-state index in [0.29, 0.717) is 35.7 Å². The van der Waals surface area contributed by atoms with Gasteiger partial charge in [-0.25, -0.2) is 4.39 Å². The Morgan fingerprint density at radius 3 is 2.64 bits per heavy atom. The van der Waals surface area contributed by atoms with E-state index in [0.717, 1.165) is 5.56 Å². The number of nitrogens with one attached hydrogen (secondary N) is 2. The third kappa shape index (κ3) is 6.23. The number of hydrogen-bond donors (Lipinski definition) is 2. The monoisotopic (exact) mass is 360 g/mol. The van der Waals surface area contributed by atoms with Crippen LogP contribution in [0.25, 0.3) is 0 Å². The number of thioether (sulfide) groups is 1. The van der Waals surface area contributed by atoms with E-state index in [2.05, 4.69) is 10.6 Å². The summed E-state index contributed by atoms with van der Waals surface area (Å²) in [6.07, 6.45) is 0.301. The minimum absolute atomic E-state index is 0.104. The van der Waals surface area contributed by atoms with Crippen LogP contribution in [-0.2, 0) is 11.3 Å². The highest BCUT2D eigenvalue weighted by atomic mass is 32.2. The standard InChI is InChI=1S/C19H21FN2O2S/c1-2-21-19(24)15-7-5-6-14(12-15)13-22-18(23)10-11-25-17-9-4-3-8-16(17)20/h3-9,12H,2,10-11,13H2,1H3,(H,21,24)(H,22,23). The minimum Gasteiger partial charge on any atom is -0.352 e. The van der Waals surface area contributed by atoms with Crippen molar-refractivity contribution >= 4 is 23.6 Å². The molecule has 25 heavy (non-hydrogen) atoms. The summed E-state index contributed by atoms with van der Waals surface area (Å²) in [6.45, 7) is 2.79. The van der Waals surface area contributed by atoms with Crippen molar-refractivity contribution in [3.63, 3.8) is 0 Å². The molecule has 2 N–H and O–H groups in total. The highest BCUT2D eigenvalue weighted by Crippen LogP contribution is 2.21. The van der Waals surface area contributed by atoms with Gasteiger partial charge in [0.2, 0.25) is 5.91 Å². The molecular formula is C19H21FN2O2S. The fourth-order valence-corrected chi connectivity index (χ4v) is 3.08. The molecule has 0 unspecified atom stereocenters. The molecule has 0 radical (unpaired) electrons. The Kier molecular flexibility index (Phi) is 7.47. The van der Waals surface area contributed by atoms with E-state index in [4.69, 9.17) is 0 Å². The number of carbonyl (C=O) groups is 2. The second-order valence-corrected chi connectivity index (χ2v) is 6.50. The number of benzene rings is 2. The zero-order valence-electron chi connectivity index (χ0n) is 14.0. The Morgan fingerprint density at radius 2 is 1.88 bits per heavy atom. The summed E-state index contributed by atoms with van der Waals surface area (Å²) in [6, 6.07) is 13.7. The molecule has 0 atom stereocenters. The molecule has 0 spiro atoms. The van der Waals surface area contributed by atoms with Crippen molar-refractivity contribution in [3.8, 4) is 0 Å². The Balaban J connectivity index is 1.77. The summed E-state index contributed by atoms with van der Waals surface area (Å²) >= 11 is 1.32. The summed E-state index contributed by atoms with van der Waals surface area (Å²) in [5.74, 6) is 0.00501. The maximum atomic E-state index is 13.5. The van der Waals surface area contributed by atoms with Gasteiger partial charge in [-0.15, -0.1) is 11.8 Å². The number of halogens is 1. The normalized spacial score (nSPS) is 10.3. The largest absolute Gasteiger partial charge is 0.352 e. The average molecular weight is 360 g/mol. The first-order valence-corrected chi connectivity index (χ1v) is 9.10. The van der Waals surface area contributed by atoms with Crippen molar-refractivity contribution in [2.75, 3.05) is 12.3 Å². The maximum Gasteiger partial charge on any atom is 0.251 e. The van der Waals surface area contributed by atoms with Crippen molar-refractivity contribution < 1.29 is 14.0 Å². The first-order chi connectivity index (χ1) is 12.1. The van der Waals surface area contributed by atoms with Gasteiger partial charge < -0.3 is 10.6 Å². The molecule has 2 amide bonds. The van der Waals surface area contributed by atoms with Crippen LogP contribution in [-0.4, -0.2) is 24.1 Å². The van der Waals surface area contributed by atoms with Crippen LogP contribution < -0.4 is 10.6 Å². The molecule has 2 aromatic rings. The van der Waals surface area contributed by atoms with Crippen LogP contribution in [0.3, 0.4) is 0 Å². The van der Waals surface area contributed by atoms with E-state index < -0.39 is 0 Å². The van der Waals surface area contributed by atoms with E-state index in [1.807, 2.05) is 13.0 Å². The lowest BCUT2D eigenvalue weighted by atomic mass is 10.1. The molecule has 0 aliphatic heterocycles. The summed E-state index contributed by atoms with van der Waals surface area (Å²) < 4.78 is 13.5. The smallest absolute Gasteiger partial charge is 0.251 e. The first kappa shape index (κ1) is 19.0. The fourth-order valence-electron chi connectivity index (χ4n) is 2.19. The Labute approximate surface area is 151 Å². The maximum absolute atomic E-state index is 13.5. The quantitative estimate of drug-likeness (QED) is 0.710. The zero-order chi connectivity index (χ0) is 18.1. The van der Waals surface area contributed by atoms with Crippen molar-refractivity contribution in [3.05, 3.63) is 65.5 Å².